The third-order valence-corrected chi connectivity index (χ3v) is 2.11. The zero-order chi connectivity index (χ0) is 11.3. The Morgan fingerprint density at radius 1 is 1.33 bits per heavy atom. The third-order valence-electron chi connectivity index (χ3n) is 2.11. The Hall–Kier alpha value is -1.51. The quantitative estimate of drug-likeness (QED) is 0.806. The molecule has 1 aromatic rings. The van der Waals surface area contributed by atoms with Crippen molar-refractivity contribution in [2.24, 2.45) is 11.7 Å². The molecule has 1 aromatic carbocycles. The number of hydrogen-bond donors (Lipinski definition) is 1. The van der Waals surface area contributed by atoms with E-state index >= 15 is 0 Å². The maximum Gasteiger partial charge on any atom is 0.315 e. The lowest BCUT2D eigenvalue weighted by atomic mass is 10.1. The molecule has 0 aliphatic rings. The summed E-state index contributed by atoms with van der Waals surface area (Å²) in [6, 6.07) is 9.52. The molecule has 0 saturated heterocycles. The average Bonchev–Trinajstić information content (AvgIpc) is 2.17. The minimum Gasteiger partial charge on any atom is -0.351 e. The Bertz CT molecular complexity index is 309. The van der Waals surface area contributed by atoms with Crippen LogP contribution in [0, 0.1) is 5.92 Å². The second-order valence-corrected chi connectivity index (χ2v) is 4.10. The number of carbonyl (C=O) groups excluding carboxylic acids is 1. The summed E-state index contributed by atoms with van der Waals surface area (Å²) in [5, 5.41) is 0. The number of urea groups is 1. The first-order chi connectivity index (χ1) is 7.09. The van der Waals surface area contributed by atoms with Gasteiger partial charge in [-0.25, -0.2) is 4.79 Å². The van der Waals surface area contributed by atoms with E-state index < -0.39 is 0 Å². The van der Waals surface area contributed by atoms with Gasteiger partial charge in [-0.3, -0.25) is 0 Å². The smallest absolute Gasteiger partial charge is 0.315 e. The summed E-state index contributed by atoms with van der Waals surface area (Å²) < 4.78 is 0. The zero-order valence-corrected chi connectivity index (χ0v) is 9.31. The van der Waals surface area contributed by atoms with Crippen molar-refractivity contribution in [2.75, 3.05) is 6.54 Å². The minimum absolute atomic E-state index is 0.354. The number of nitrogens with zero attached hydrogens (tertiary/aromatic N) is 1. The van der Waals surface area contributed by atoms with Crippen LogP contribution in [-0.4, -0.2) is 17.5 Å². The highest BCUT2D eigenvalue weighted by atomic mass is 16.2. The summed E-state index contributed by atoms with van der Waals surface area (Å²) in [7, 11) is 0. The summed E-state index contributed by atoms with van der Waals surface area (Å²) >= 11 is 0. The standard InChI is InChI=1S/C12H18N2O/c1-10(2)8-14(12(13)15)9-11-6-4-3-5-7-11/h3-7,10H,8-9H2,1-2H3,(H2,13,15). The molecular weight excluding hydrogens is 188 g/mol. The fourth-order valence-corrected chi connectivity index (χ4v) is 1.48. The first kappa shape index (κ1) is 11.6. The number of carbonyl (C=O) groups is 1. The molecule has 0 radical (unpaired) electrons. The van der Waals surface area contributed by atoms with Gasteiger partial charge in [-0.2, -0.15) is 0 Å². The van der Waals surface area contributed by atoms with Gasteiger partial charge in [-0.1, -0.05) is 44.2 Å². The molecular formula is C12H18N2O. The molecule has 2 N–H and O–H groups in total. The van der Waals surface area contributed by atoms with Crippen LogP contribution in [0.3, 0.4) is 0 Å². The number of hydrogen-bond acceptors (Lipinski definition) is 1. The summed E-state index contributed by atoms with van der Waals surface area (Å²) in [6.45, 7) is 5.43. The molecule has 0 saturated carbocycles. The van der Waals surface area contributed by atoms with E-state index in [0.717, 1.165) is 5.56 Å². The Labute approximate surface area is 90.9 Å². The van der Waals surface area contributed by atoms with Crippen molar-refractivity contribution >= 4 is 6.03 Å². The second-order valence-electron chi connectivity index (χ2n) is 4.10. The number of primary amides is 1. The lowest BCUT2D eigenvalue weighted by Gasteiger charge is -2.22. The minimum atomic E-state index is -0.354. The van der Waals surface area contributed by atoms with E-state index in [1.54, 1.807) is 4.90 Å². The van der Waals surface area contributed by atoms with E-state index in [9.17, 15) is 4.79 Å². The molecule has 0 spiro atoms. The maximum absolute atomic E-state index is 11.2. The summed E-state index contributed by atoms with van der Waals surface area (Å²) in [5.41, 5.74) is 6.43. The van der Waals surface area contributed by atoms with Crippen molar-refractivity contribution in [3.63, 3.8) is 0 Å². The molecule has 0 heterocycles. The summed E-state index contributed by atoms with van der Waals surface area (Å²) in [6.07, 6.45) is 0. The average molecular weight is 206 g/mol. The van der Waals surface area contributed by atoms with Crippen LogP contribution in [-0.2, 0) is 6.54 Å². The molecule has 0 unspecified atom stereocenters. The highest BCUT2D eigenvalue weighted by molar-refractivity contribution is 5.72. The Kier molecular flexibility index (Phi) is 4.16. The predicted octanol–water partition coefficient (Wildman–Crippen LogP) is 2.22. The molecule has 15 heavy (non-hydrogen) atoms. The molecule has 0 aliphatic carbocycles. The van der Waals surface area contributed by atoms with Crippen LogP contribution in [0.2, 0.25) is 0 Å². The molecule has 82 valence electrons. The van der Waals surface area contributed by atoms with Crippen molar-refractivity contribution in [3.05, 3.63) is 35.9 Å². The number of nitrogens with two attached hydrogens (primary N) is 1. The second kappa shape index (κ2) is 5.39. The van der Waals surface area contributed by atoms with Gasteiger partial charge < -0.3 is 10.6 Å². The summed E-state index contributed by atoms with van der Waals surface area (Å²) in [4.78, 5) is 12.9. The number of amides is 2. The molecule has 0 aromatic heterocycles. The Morgan fingerprint density at radius 3 is 2.40 bits per heavy atom. The topological polar surface area (TPSA) is 46.3 Å². The van der Waals surface area contributed by atoms with Gasteiger partial charge in [0.1, 0.15) is 0 Å². The lowest BCUT2D eigenvalue weighted by molar-refractivity contribution is 0.197. The summed E-state index contributed by atoms with van der Waals surface area (Å²) in [5.74, 6) is 0.432. The molecule has 0 aliphatic heterocycles. The van der Waals surface area contributed by atoms with Crippen LogP contribution in [0.25, 0.3) is 0 Å². The van der Waals surface area contributed by atoms with Crippen molar-refractivity contribution in [2.45, 2.75) is 20.4 Å². The maximum atomic E-state index is 11.2. The van der Waals surface area contributed by atoms with E-state index in [0.29, 0.717) is 19.0 Å². The molecule has 1 rings (SSSR count). The molecule has 0 bridgehead atoms. The first-order valence-electron chi connectivity index (χ1n) is 5.18. The van der Waals surface area contributed by atoms with E-state index in [1.165, 1.54) is 0 Å². The highest BCUT2D eigenvalue weighted by Gasteiger charge is 2.11. The van der Waals surface area contributed by atoms with Crippen molar-refractivity contribution in [3.8, 4) is 0 Å². The fraction of sp³-hybridized carbons (Fsp3) is 0.417. The monoisotopic (exact) mass is 206 g/mol. The molecule has 0 atom stereocenters. The van der Waals surface area contributed by atoms with E-state index in [4.69, 9.17) is 5.73 Å². The SMILES string of the molecule is CC(C)CN(Cc1ccccc1)C(N)=O. The van der Waals surface area contributed by atoms with Gasteiger partial charge in [0.05, 0.1) is 0 Å². The zero-order valence-electron chi connectivity index (χ0n) is 9.31. The van der Waals surface area contributed by atoms with Gasteiger partial charge in [-0.05, 0) is 11.5 Å². The Morgan fingerprint density at radius 2 is 1.93 bits per heavy atom. The predicted molar refractivity (Wildman–Crippen MR) is 61.3 cm³/mol. The van der Waals surface area contributed by atoms with Gasteiger partial charge in [0.15, 0.2) is 0 Å². The van der Waals surface area contributed by atoms with E-state index in [2.05, 4.69) is 13.8 Å². The Balaban J connectivity index is 2.63. The van der Waals surface area contributed by atoms with E-state index in [-0.39, 0.29) is 6.03 Å². The van der Waals surface area contributed by atoms with E-state index in [1.807, 2.05) is 30.3 Å². The highest BCUT2D eigenvalue weighted by Crippen LogP contribution is 2.06. The largest absolute Gasteiger partial charge is 0.351 e. The van der Waals surface area contributed by atoms with Gasteiger partial charge in [0, 0.05) is 13.1 Å². The van der Waals surface area contributed by atoms with Gasteiger partial charge >= 0.3 is 6.03 Å². The van der Waals surface area contributed by atoms with Crippen LogP contribution >= 0.6 is 0 Å². The molecule has 3 heteroatoms. The van der Waals surface area contributed by atoms with Crippen LogP contribution in [0.4, 0.5) is 4.79 Å². The van der Waals surface area contributed by atoms with Crippen molar-refractivity contribution in [1.29, 1.82) is 0 Å². The first-order valence-corrected chi connectivity index (χ1v) is 5.18. The molecule has 3 nitrogen and oxygen atoms in total. The van der Waals surface area contributed by atoms with Crippen LogP contribution < -0.4 is 5.73 Å². The third kappa shape index (κ3) is 4.02. The van der Waals surface area contributed by atoms with Gasteiger partial charge in [0.2, 0.25) is 0 Å². The van der Waals surface area contributed by atoms with Crippen LogP contribution in [0.1, 0.15) is 19.4 Å². The van der Waals surface area contributed by atoms with Gasteiger partial charge in [0.25, 0.3) is 0 Å². The number of rotatable bonds is 4. The molecule has 2 amide bonds. The normalized spacial score (nSPS) is 10.3. The van der Waals surface area contributed by atoms with Crippen molar-refractivity contribution < 1.29 is 4.79 Å². The van der Waals surface area contributed by atoms with Crippen LogP contribution in [0.15, 0.2) is 30.3 Å². The lowest BCUT2D eigenvalue weighted by Crippen LogP contribution is -2.37. The fourth-order valence-electron chi connectivity index (χ4n) is 1.48. The number of benzene rings is 1. The van der Waals surface area contributed by atoms with Crippen molar-refractivity contribution in [1.82, 2.24) is 4.90 Å². The van der Waals surface area contributed by atoms with Gasteiger partial charge in [-0.15, -0.1) is 0 Å². The molecule has 0 fully saturated rings. The van der Waals surface area contributed by atoms with Crippen LogP contribution in [0.5, 0.6) is 0 Å².